The van der Waals surface area contributed by atoms with Gasteiger partial charge in [0, 0.05) is 28.9 Å². The number of amides is 1. The fraction of sp³-hybridized carbons (Fsp3) is 0.158. The van der Waals surface area contributed by atoms with Crippen molar-refractivity contribution in [1.29, 1.82) is 0 Å². The Morgan fingerprint density at radius 1 is 1.32 bits per heavy atom. The first-order valence-electron chi connectivity index (χ1n) is 8.52. The Labute approximate surface area is 171 Å². The van der Waals surface area contributed by atoms with Crippen LogP contribution in [0.3, 0.4) is 0 Å². The van der Waals surface area contributed by atoms with Crippen molar-refractivity contribution in [2.45, 2.75) is 17.0 Å². The molecule has 0 saturated carbocycles. The van der Waals surface area contributed by atoms with Crippen molar-refractivity contribution in [3.8, 4) is 0 Å². The molecule has 2 atom stereocenters. The predicted octanol–water partition coefficient (Wildman–Crippen LogP) is 3.25. The summed E-state index contributed by atoms with van der Waals surface area (Å²) in [6, 6.07) is 10.9. The van der Waals surface area contributed by atoms with Crippen LogP contribution in [0, 0.1) is 5.92 Å². The van der Waals surface area contributed by atoms with Crippen LogP contribution in [0.5, 0.6) is 0 Å². The monoisotopic (exact) mass is 412 g/mol. The second-order valence-electron chi connectivity index (χ2n) is 6.30. The van der Waals surface area contributed by atoms with Crippen LogP contribution in [-0.4, -0.2) is 25.7 Å². The Morgan fingerprint density at radius 3 is 2.86 bits per heavy atom. The Morgan fingerprint density at radius 2 is 2.14 bits per heavy atom. The molecule has 1 amide bonds. The summed E-state index contributed by atoms with van der Waals surface area (Å²) in [6.45, 7) is 3.97. The number of pyridine rings is 1. The van der Waals surface area contributed by atoms with E-state index in [1.54, 1.807) is 17.1 Å². The molecule has 1 aliphatic heterocycles. The number of hydrogen-bond donors (Lipinski definition) is 2. The van der Waals surface area contributed by atoms with Crippen LogP contribution in [0.25, 0.3) is 0 Å². The number of anilines is 1. The lowest BCUT2D eigenvalue weighted by Gasteiger charge is -2.32. The highest BCUT2D eigenvalue weighted by Gasteiger charge is 2.39. The molecule has 3 heterocycles. The van der Waals surface area contributed by atoms with Crippen LogP contribution in [0.2, 0.25) is 5.02 Å². The van der Waals surface area contributed by atoms with Gasteiger partial charge in [-0.05, 0) is 23.3 Å². The molecule has 7 nitrogen and oxygen atoms in total. The van der Waals surface area contributed by atoms with Gasteiger partial charge in [-0.15, -0.1) is 5.10 Å². The van der Waals surface area contributed by atoms with E-state index in [0.29, 0.717) is 27.6 Å². The van der Waals surface area contributed by atoms with E-state index in [1.165, 1.54) is 11.8 Å². The largest absolute Gasteiger partial charge is 0.369 e. The van der Waals surface area contributed by atoms with Crippen LogP contribution >= 0.6 is 23.4 Å². The molecule has 3 aromatic rings. The van der Waals surface area contributed by atoms with Crippen molar-refractivity contribution in [3.05, 3.63) is 77.2 Å². The summed E-state index contributed by atoms with van der Waals surface area (Å²) in [5.74, 6) is -0.0171. The number of fused-ring (bicyclic) bond motifs is 1. The lowest BCUT2D eigenvalue weighted by molar-refractivity contribution is -0.121. The van der Waals surface area contributed by atoms with Gasteiger partial charge < -0.3 is 11.1 Å². The SMILES string of the molecule is C=C1Nc2nc(SCc3ccccc3Cl)nn2[C@H](c2cccnc2)[C@H]1C(N)=O. The number of rotatable bonds is 5. The smallest absolute Gasteiger partial charge is 0.229 e. The van der Waals surface area contributed by atoms with Gasteiger partial charge in [0.05, 0.1) is 6.04 Å². The third kappa shape index (κ3) is 3.48. The van der Waals surface area contributed by atoms with E-state index >= 15 is 0 Å². The molecule has 1 aromatic carbocycles. The summed E-state index contributed by atoms with van der Waals surface area (Å²) in [6.07, 6.45) is 3.37. The van der Waals surface area contributed by atoms with Crippen LogP contribution < -0.4 is 11.1 Å². The normalized spacial score (nSPS) is 18.4. The third-order valence-corrected chi connectivity index (χ3v) is 5.74. The van der Waals surface area contributed by atoms with Crippen molar-refractivity contribution < 1.29 is 4.79 Å². The molecular weight excluding hydrogens is 396 g/mol. The number of benzene rings is 1. The zero-order valence-electron chi connectivity index (χ0n) is 14.7. The van der Waals surface area contributed by atoms with Crippen LogP contribution in [0.15, 0.2) is 66.2 Å². The quantitative estimate of drug-likeness (QED) is 0.624. The van der Waals surface area contributed by atoms with Crippen LogP contribution in [0.4, 0.5) is 5.95 Å². The lowest BCUT2D eigenvalue weighted by Crippen LogP contribution is -2.40. The number of thioether (sulfide) groups is 1. The van der Waals surface area contributed by atoms with Crippen LogP contribution in [0.1, 0.15) is 17.2 Å². The molecule has 2 aromatic heterocycles. The van der Waals surface area contributed by atoms with E-state index < -0.39 is 17.9 Å². The van der Waals surface area contributed by atoms with Crippen molar-refractivity contribution in [3.63, 3.8) is 0 Å². The molecule has 0 radical (unpaired) electrons. The predicted molar refractivity (Wildman–Crippen MR) is 109 cm³/mol. The average molecular weight is 413 g/mol. The first-order chi connectivity index (χ1) is 13.5. The van der Waals surface area contributed by atoms with Gasteiger partial charge in [0.1, 0.15) is 5.92 Å². The Bertz CT molecular complexity index is 1040. The molecule has 0 saturated heterocycles. The minimum absolute atomic E-state index is 0.461. The van der Waals surface area contributed by atoms with Gasteiger partial charge in [-0.1, -0.05) is 54.2 Å². The van der Waals surface area contributed by atoms with E-state index in [2.05, 4.69) is 27.0 Å². The van der Waals surface area contributed by atoms with Gasteiger partial charge in [0.25, 0.3) is 0 Å². The van der Waals surface area contributed by atoms with Crippen molar-refractivity contribution in [2.75, 3.05) is 5.32 Å². The summed E-state index contributed by atoms with van der Waals surface area (Å²) < 4.78 is 1.68. The zero-order chi connectivity index (χ0) is 19.7. The molecule has 0 bridgehead atoms. The number of halogens is 1. The average Bonchev–Trinajstić information content (AvgIpc) is 3.09. The molecule has 9 heteroatoms. The molecule has 4 rings (SSSR count). The molecule has 0 aliphatic carbocycles. The number of nitrogens with zero attached hydrogens (tertiary/aromatic N) is 4. The van der Waals surface area contributed by atoms with Gasteiger partial charge >= 0.3 is 0 Å². The highest BCUT2D eigenvalue weighted by molar-refractivity contribution is 7.98. The Kier molecular flexibility index (Phi) is 5.06. The topological polar surface area (TPSA) is 98.7 Å². The van der Waals surface area contributed by atoms with Gasteiger partial charge in [0.15, 0.2) is 0 Å². The number of primary amides is 1. The Balaban J connectivity index is 1.68. The minimum atomic E-state index is -0.667. The van der Waals surface area contributed by atoms with Crippen LogP contribution in [-0.2, 0) is 10.5 Å². The molecule has 142 valence electrons. The van der Waals surface area contributed by atoms with Gasteiger partial charge in [-0.25, -0.2) is 4.68 Å². The van der Waals surface area contributed by atoms with Crippen molar-refractivity contribution >= 4 is 35.2 Å². The second kappa shape index (κ2) is 7.65. The summed E-state index contributed by atoms with van der Waals surface area (Å²) in [4.78, 5) is 20.8. The molecule has 28 heavy (non-hydrogen) atoms. The number of hydrogen-bond acceptors (Lipinski definition) is 6. The third-order valence-electron chi connectivity index (χ3n) is 4.49. The van der Waals surface area contributed by atoms with E-state index in [0.717, 1.165) is 11.1 Å². The van der Waals surface area contributed by atoms with E-state index in [-0.39, 0.29) is 0 Å². The number of nitrogens with two attached hydrogens (primary N) is 1. The summed E-state index contributed by atoms with van der Waals surface area (Å²) in [5.41, 5.74) is 7.96. The summed E-state index contributed by atoms with van der Waals surface area (Å²) >= 11 is 7.69. The highest BCUT2D eigenvalue weighted by Crippen LogP contribution is 2.38. The Hall–Kier alpha value is -2.84. The molecule has 1 aliphatic rings. The minimum Gasteiger partial charge on any atom is -0.369 e. The van der Waals surface area contributed by atoms with E-state index in [4.69, 9.17) is 17.3 Å². The number of aromatic nitrogens is 4. The highest BCUT2D eigenvalue weighted by atomic mass is 35.5. The zero-order valence-corrected chi connectivity index (χ0v) is 16.3. The summed E-state index contributed by atoms with van der Waals surface area (Å²) in [7, 11) is 0. The fourth-order valence-electron chi connectivity index (χ4n) is 3.17. The molecule has 0 fully saturated rings. The molecule has 0 spiro atoms. The molecular formula is C19H17ClN6OS. The first kappa shape index (κ1) is 18.5. The number of nitrogens with one attached hydrogen (secondary N) is 1. The van der Waals surface area contributed by atoms with E-state index in [9.17, 15) is 4.79 Å². The maximum atomic E-state index is 12.1. The molecule has 3 N–H and O–H groups in total. The van der Waals surface area contributed by atoms with Crippen molar-refractivity contribution in [2.24, 2.45) is 11.7 Å². The summed E-state index contributed by atoms with van der Waals surface area (Å²) in [5, 5.41) is 8.93. The van der Waals surface area contributed by atoms with E-state index in [1.807, 2.05) is 36.4 Å². The first-order valence-corrected chi connectivity index (χ1v) is 9.89. The van der Waals surface area contributed by atoms with Crippen molar-refractivity contribution in [1.82, 2.24) is 19.7 Å². The standard InChI is InChI=1S/C19H17ClN6OS/c1-11-15(17(21)27)16(12-6-4-8-22-9-12)26-18(23-11)24-19(25-26)28-10-13-5-2-3-7-14(13)20/h2-9,15-16H,1,10H2,(H2,21,27)(H,23,24,25)/t15-,16+/m0/s1. The van der Waals surface area contributed by atoms with Gasteiger partial charge in [-0.3, -0.25) is 9.78 Å². The molecule has 0 unspecified atom stereocenters. The maximum Gasteiger partial charge on any atom is 0.229 e. The second-order valence-corrected chi connectivity index (χ2v) is 7.65. The van der Waals surface area contributed by atoms with Gasteiger partial charge in [-0.2, -0.15) is 4.98 Å². The maximum absolute atomic E-state index is 12.1. The van der Waals surface area contributed by atoms with Gasteiger partial charge in [0.2, 0.25) is 17.0 Å². The fourth-order valence-corrected chi connectivity index (χ4v) is 4.28. The number of carbonyl (C=O) groups is 1. The number of carbonyl (C=O) groups excluding carboxylic acids is 1. The lowest BCUT2D eigenvalue weighted by atomic mass is 9.89.